The second kappa shape index (κ2) is 7.99. The van der Waals surface area contributed by atoms with Crippen LogP contribution in [0.5, 0.6) is 11.5 Å². The molecule has 0 saturated carbocycles. The second-order valence-corrected chi connectivity index (χ2v) is 6.74. The van der Waals surface area contributed by atoms with E-state index in [1.165, 1.54) is 0 Å². The number of anilines is 1. The summed E-state index contributed by atoms with van der Waals surface area (Å²) >= 11 is 6.48. The number of aryl methyl sites for hydroxylation is 1. The van der Waals surface area contributed by atoms with Gasteiger partial charge in [0.15, 0.2) is 17.3 Å². The summed E-state index contributed by atoms with van der Waals surface area (Å²) in [6.07, 6.45) is 4.31. The van der Waals surface area contributed by atoms with Crippen LogP contribution in [0.15, 0.2) is 18.3 Å². The lowest BCUT2D eigenvalue weighted by Crippen LogP contribution is -2.23. The number of ether oxygens (including phenoxy) is 2. The Morgan fingerprint density at radius 1 is 1.38 bits per heavy atom. The van der Waals surface area contributed by atoms with Gasteiger partial charge in [-0.2, -0.15) is 5.10 Å². The molecule has 2 heterocycles. The van der Waals surface area contributed by atoms with Gasteiger partial charge in [0.1, 0.15) is 0 Å². The molecule has 1 aliphatic rings. The molecule has 1 aromatic carbocycles. The highest BCUT2D eigenvalue weighted by Gasteiger charge is 2.30. The van der Waals surface area contributed by atoms with Crippen molar-refractivity contribution in [1.29, 1.82) is 0 Å². The molecule has 26 heavy (non-hydrogen) atoms. The molecule has 6 nitrogen and oxygen atoms in total. The van der Waals surface area contributed by atoms with Crippen molar-refractivity contribution in [2.45, 2.75) is 45.6 Å². The van der Waals surface area contributed by atoms with Gasteiger partial charge in [0, 0.05) is 30.6 Å². The molecular weight excluding hydrogens is 354 g/mol. The van der Waals surface area contributed by atoms with Crippen LogP contribution in [-0.2, 0) is 11.3 Å². The number of unbranched alkanes of at least 4 members (excludes halogenated alkanes) is 1. The van der Waals surface area contributed by atoms with Crippen molar-refractivity contribution in [3.8, 4) is 11.5 Å². The smallest absolute Gasteiger partial charge is 0.226 e. The Kier molecular flexibility index (Phi) is 5.71. The number of nitrogens with one attached hydrogen (secondary N) is 1. The molecule has 1 aromatic heterocycles. The molecule has 0 fully saturated rings. The summed E-state index contributed by atoms with van der Waals surface area (Å²) in [5.74, 6) is 1.58. The zero-order valence-electron chi connectivity index (χ0n) is 15.3. The maximum atomic E-state index is 12.1. The maximum Gasteiger partial charge on any atom is 0.226 e. The van der Waals surface area contributed by atoms with E-state index >= 15 is 0 Å². The first kappa shape index (κ1) is 18.6. The Balaban J connectivity index is 1.98. The Morgan fingerprint density at radius 3 is 2.88 bits per heavy atom. The average Bonchev–Trinajstić information content (AvgIpc) is 3.05. The van der Waals surface area contributed by atoms with Gasteiger partial charge in [-0.15, -0.1) is 0 Å². The number of carbonyl (C=O) groups is 1. The van der Waals surface area contributed by atoms with Gasteiger partial charge >= 0.3 is 0 Å². The lowest BCUT2D eigenvalue weighted by atomic mass is 9.87. The summed E-state index contributed by atoms with van der Waals surface area (Å²) < 4.78 is 13.1. The number of nitrogens with zero attached hydrogens (tertiary/aromatic N) is 2. The van der Waals surface area contributed by atoms with Crippen LogP contribution in [0.2, 0.25) is 5.02 Å². The van der Waals surface area contributed by atoms with Crippen LogP contribution in [0.1, 0.15) is 50.2 Å². The Labute approximate surface area is 158 Å². The van der Waals surface area contributed by atoms with Crippen LogP contribution in [-0.4, -0.2) is 29.4 Å². The van der Waals surface area contributed by atoms with Gasteiger partial charge in [-0.05, 0) is 31.0 Å². The first-order valence-corrected chi connectivity index (χ1v) is 9.32. The Morgan fingerprint density at radius 2 is 2.19 bits per heavy atom. The summed E-state index contributed by atoms with van der Waals surface area (Å²) in [5, 5.41) is 7.76. The van der Waals surface area contributed by atoms with E-state index in [1.807, 2.05) is 29.9 Å². The molecule has 1 N–H and O–H groups in total. The van der Waals surface area contributed by atoms with Gasteiger partial charge in [-0.3, -0.25) is 9.48 Å². The summed E-state index contributed by atoms with van der Waals surface area (Å²) in [6, 6.07) is 3.77. The van der Waals surface area contributed by atoms with Gasteiger partial charge in [0.25, 0.3) is 0 Å². The van der Waals surface area contributed by atoms with Crippen LogP contribution in [0, 0.1) is 0 Å². The third-order valence-corrected chi connectivity index (χ3v) is 4.82. The lowest BCUT2D eigenvalue weighted by Gasteiger charge is -2.23. The molecular formula is C19H24ClN3O3. The summed E-state index contributed by atoms with van der Waals surface area (Å²) in [7, 11) is 1.59. The van der Waals surface area contributed by atoms with Crippen LogP contribution in [0.25, 0.3) is 0 Å². The number of amides is 1. The Bertz CT molecular complexity index is 804. The lowest BCUT2D eigenvalue weighted by molar-refractivity contribution is -0.116. The van der Waals surface area contributed by atoms with Crippen LogP contribution >= 0.6 is 11.6 Å². The maximum absolute atomic E-state index is 12.1. The predicted molar refractivity (Wildman–Crippen MR) is 101 cm³/mol. The number of rotatable bonds is 7. The first-order valence-electron chi connectivity index (χ1n) is 8.94. The van der Waals surface area contributed by atoms with E-state index in [4.69, 9.17) is 21.1 Å². The fraction of sp³-hybridized carbons (Fsp3) is 0.474. The van der Waals surface area contributed by atoms with Crippen molar-refractivity contribution in [2.24, 2.45) is 0 Å². The molecule has 1 amide bonds. The normalized spacial score (nSPS) is 16.2. The largest absolute Gasteiger partial charge is 0.493 e. The van der Waals surface area contributed by atoms with E-state index in [-0.39, 0.29) is 11.8 Å². The molecule has 2 aromatic rings. The standard InChI is InChI=1S/C19H24ClN3O3/c1-4-6-7-26-18-15(20)8-12(9-16(18)25-3)13-10-17(24)21-19-14(13)11-23(5-2)22-19/h8-9,11,13H,4-7,10H2,1-3H3,(H,21,22,24). The average molecular weight is 378 g/mol. The van der Waals surface area contributed by atoms with Crippen molar-refractivity contribution in [3.63, 3.8) is 0 Å². The quantitative estimate of drug-likeness (QED) is 0.734. The molecule has 0 aliphatic carbocycles. The molecule has 1 unspecified atom stereocenters. The number of fused-ring (bicyclic) bond motifs is 1. The summed E-state index contributed by atoms with van der Waals surface area (Å²) in [5.41, 5.74) is 1.91. The highest BCUT2D eigenvalue weighted by molar-refractivity contribution is 6.32. The number of aromatic nitrogens is 2. The van der Waals surface area contributed by atoms with E-state index in [1.54, 1.807) is 7.11 Å². The van der Waals surface area contributed by atoms with Crippen molar-refractivity contribution in [2.75, 3.05) is 19.0 Å². The fourth-order valence-electron chi connectivity index (χ4n) is 3.13. The summed E-state index contributed by atoms with van der Waals surface area (Å²) in [6.45, 7) is 5.44. The van der Waals surface area contributed by atoms with Gasteiger partial charge in [-0.1, -0.05) is 24.9 Å². The molecule has 0 saturated heterocycles. The number of methoxy groups -OCH3 is 1. The van der Waals surface area contributed by atoms with Crippen molar-refractivity contribution in [1.82, 2.24) is 9.78 Å². The van der Waals surface area contributed by atoms with Crippen molar-refractivity contribution >= 4 is 23.3 Å². The van der Waals surface area contributed by atoms with Crippen LogP contribution < -0.4 is 14.8 Å². The SMILES string of the molecule is CCCCOc1c(Cl)cc(C2CC(=O)Nc3nn(CC)cc32)cc1OC. The minimum Gasteiger partial charge on any atom is -0.493 e. The van der Waals surface area contributed by atoms with Gasteiger partial charge < -0.3 is 14.8 Å². The Hall–Kier alpha value is -2.21. The van der Waals surface area contributed by atoms with Crippen molar-refractivity contribution in [3.05, 3.63) is 34.5 Å². The first-order chi connectivity index (χ1) is 12.6. The summed E-state index contributed by atoms with van der Waals surface area (Å²) in [4.78, 5) is 12.1. The predicted octanol–water partition coefficient (Wildman–Crippen LogP) is 4.22. The molecule has 0 radical (unpaired) electrons. The minimum atomic E-state index is -0.116. The molecule has 1 atom stereocenters. The molecule has 7 heteroatoms. The van der Waals surface area contributed by atoms with Gasteiger partial charge in [0.2, 0.25) is 5.91 Å². The molecule has 0 spiro atoms. The van der Waals surface area contributed by atoms with E-state index in [2.05, 4.69) is 17.3 Å². The topological polar surface area (TPSA) is 65.4 Å². The molecule has 1 aliphatic heterocycles. The number of benzene rings is 1. The van der Waals surface area contributed by atoms with E-state index in [0.29, 0.717) is 35.4 Å². The van der Waals surface area contributed by atoms with E-state index in [9.17, 15) is 4.79 Å². The monoisotopic (exact) mass is 377 g/mol. The number of halogens is 1. The fourth-order valence-corrected chi connectivity index (χ4v) is 3.40. The van der Waals surface area contributed by atoms with Gasteiger partial charge in [0.05, 0.1) is 18.7 Å². The highest BCUT2D eigenvalue weighted by atomic mass is 35.5. The zero-order valence-corrected chi connectivity index (χ0v) is 16.1. The number of hydrogen-bond donors (Lipinski definition) is 1. The van der Waals surface area contributed by atoms with Crippen LogP contribution in [0.4, 0.5) is 5.82 Å². The second-order valence-electron chi connectivity index (χ2n) is 6.33. The minimum absolute atomic E-state index is 0.0535. The molecule has 3 rings (SSSR count). The number of hydrogen-bond acceptors (Lipinski definition) is 4. The van der Waals surface area contributed by atoms with Crippen molar-refractivity contribution < 1.29 is 14.3 Å². The third kappa shape index (κ3) is 3.65. The third-order valence-electron chi connectivity index (χ3n) is 4.54. The zero-order chi connectivity index (χ0) is 18.7. The van der Waals surface area contributed by atoms with E-state index < -0.39 is 0 Å². The van der Waals surface area contributed by atoms with E-state index in [0.717, 1.165) is 30.5 Å². The molecule has 140 valence electrons. The highest BCUT2D eigenvalue weighted by Crippen LogP contribution is 2.43. The van der Waals surface area contributed by atoms with Crippen LogP contribution in [0.3, 0.4) is 0 Å². The molecule has 0 bridgehead atoms. The van der Waals surface area contributed by atoms with Gasteiger partial charge in [-0.25, -0.2) is 0 Å². The number of carbonyl (C=O) groups excluding carboxylic acids is 1.